The van der Waals surface area contributed by atoms with Crippen molar-refractivity contribution in [3.8, 4) is 5.75 Å². The van der Waals surface area contributed by atoms with E-state index < -0.39 is 40.5 Å². The Hall–Kier alpha value is -2.10. The number of likely N-dealkylation sites (N-methyl/N-ethyl adjacent to an activating group) is 1. The van der Waals surface area contributed by atoms with Crippen molar-refractivity contribution in [2.75, 3.05) is 39.3 Å². The average Bonchev–Trinajstić information content (AvgIpc) is 3.32. The number of fused-ring (bicyclic) bond motifs is 1. The van der Waals surface area contributed by atoms with Gasteiger partial charge in [-0.3, -0.25) is 9.69 Å². The fourth-order valence-corrected chi connectivity index (χ4v) is 8.22. The Balaban J connectivity index is 1.88. The lowest BCUT2D eigenvalue weighted by Crippen LogP contribution is -2.81. The second kappa shape index (κ2) is 7.70. The zero-order valence-corrected chi connectivity index (χ0v) is 21.7. The maximum absolute atomic E-state index is 13.6. The molecule has 1 saturated carbocycles. The van der Waals surface area contributed by atoms with Crippen LogP contribution in [-0.4, -0.2) is 80.1 Å². The molecule has 184 valence electrons. The molecule has 1 aliphatic carbocycles. The normalized spacial score (nSPS) is 37.6. The molecule has 3 aliphatic heterocycles. The predicted molar refractivity (Wildman–Crippen MR) is 129 cm³/mol. The van der Waals surface area contributed by atoms with Gasteiger partial charge < -0.3 is 24.2 Å². The Morgan fingerprint density at radius 2 is 2.00 bits per heavy atom. The lowest BCUT2D eigenvalue weighted by Gasteiger charge is -2.63. The van der Waals surface area contributed by atoms with Crippen molar-refractivity contribution in [1.82, 2.24) is 4.90 Å². The SMILES string of the molecule is CC[C@]12C=CCN3CC[C@]4(c5cc(Br)c(OC)cc5N(C)[C@@H]4[C@@](O)(C(=O)OC)[C@@H]1OC(C)=O)[C@@H]32. The minimum absolute atomic E-state index is 0.0849. The predicted octanol–water partition coefficient (Wildman–Crippen LogP) is 2.40. The van der Waals surface area contributed by atoms with E-state index in [1.54, 1.807) is 7.11 Å². The highest BCUT2D eigenvalue weighted by Gasteiger charge is 2.80. The summed E-state index contributed by atoms with van der Waals surface area (Å²) in [5.41, 5.74) is -1.54. The molecule has 9 heteroatoms. The van der Waals surface area contributed by atoms with Crippen LogP contribution in [0.3, 0.4) is 0 Å². The number of benzene rings is 1. The molecule has 1 spiro atoms. The Labute approximate surface area is 207 Å². The van der Waals surface area contributed by atoms with Crippen molar-refractivity contribution in [2.45, 2.75) is 55.9 Å². The number of anilines is 1. The van der Waals surface area contributed by atoms with E-state index in [9.17, 15) is 14.7 Å². The maximum Gasteiger partial charge on any atom is 0.344 e. The van der Waals surface area contributed by atoms with E-state index in [0.29, 0.717) is 12.2 Å². The zero-order valence-electron chi connectivity index (χ0n) is 20.1. The molecule has 6 atom stereocenters. The summed E-state index contributed by atoms with van der Waals surface area (Å²) >= 11 is 3.65. The van der Waals surface area contributed by atoms with Crippen LogP contribution in [0.25, 0.3) is 0 Å². The Morgan fingerprint density at radius 3 is 2.62 bits per heavy atom. The second-order valence-corrected chi connectivity index (χ2v) is 10.7. The molecule has 1 N–H and O–H groups in total. The number of esters is 2. The first-order valence-corrected chi connectivity index (χ1v) is 12.4. The van der Waals surface area contributed by atoms with Crippen LogP contribution in [0.2, 0.25) is 0 Å². The molecular formula is C25H31BrN2O6. The third-order valence-corrected chi connectivity index (χ3v) is 9.30. The molecule has 8 nitrogen and oxygen atoms in total. The molecule has 5 rings (SSSR count). The summed E-state index contributed by atoms with van der Waals surface area (Å²) < 4.78 is 17.5. The number of hydrogen-bond donors (Lipinski definition) is 1. The summed E-state index contributed by atoms with van der Waals surface area (Å²) in [6.07, 6.45) is 4.34. The molecule has 34 heavy (non-hydrogen) atoms. The van der Waals surface area contributed by atoms with E-state index >= 15 is 0 Å². The van der Waals surface area contributed by atoms with Gasteiger partial charge in [0.25, 0.3) is 0 Å². The highest BCUT2D eigenvalue weighted by molar-refractivity contribution is 9.10. The van der Waals surface area contributed by atoms with Crippen LogP contribution in [0.5, 0.6) is 5.75 Å². The van der Waals surface area contributed by atoms with Crippen LogP contribution in [0.1, 0.15) is 32.3 Å². The van der Waals surface area contributed by atoms with E-state index in [0.717, 1.165) is 35.2 Å². The number of nitrogens with zero attached hydrogens (tertiary/aromatic N) is 2. The molecule has 1 aromatic carbocycles. The summed E-state index contributed by atoms with van der Waals surface area (Å²) in [7, 11) is 4.76. The number of carbonyl (C=O) groups is 2. The van der Waals surface area contributed by atoms with Crippen molar-refractivity contribution in [3.63, 3.8) is 0 Å². The summed E-state index contributed by atoms with van der Waals surface area (Å²) in [6.45, 7) is 4.91. The molecule has 3 heterocycles. The fourth-order valence-electron chi connectivity index (χ4n) is 7.71. The fraction of sp³-hybridized carbons (Fsp3) is 0.600. The summed E-state index contributed by atoms with van der Waals surface area (Å²) in [5.74, 6) is -0.671. The van der Waals surface area contributed by atoms with Crippen LogP contribution in [-0.2, 0) is 24.5 Å². The van der Waals surface area contributed by atoms with Gasteiger partial charge in [0, 0.05) is 49.1 Å². The van der Waals surface area contributed by atoms with E-state index in [1.165, 1.54) is 14.0 Å². The molecule has 0 unspecified atom stereocenters. The smallest absolute Gasteiger partial charge is 0.344 e. The Kier molecular flexibility index (Phi) is 5.35. The van der Waals surface area contributed by atoms with Gasteiger partial charge in [-0.1, -0.05) is 19.1 Å². The Bertz CT molecular complexity index is 1090. The lowest BCUT2D eigenvalue weighted by molar-refractivity contribution is -0.228. The van der Waals surface area contributed by atoms with Crippen molar-refractivity contribution < 1.29 is 28.9 Å². The first kappa shape index (κ1) is 23.6. The van der Waals surface area contributed by atoms with Gasteiger partial charge >= 0.3 is 11.9 Å². The highest BCUT2D eigenvalue weighted by Crippen LogP contribution is 2.67. The summed E-state index contributed by atoms with van der Waals surface area (Å²) in [5, 5.41) is 12.5. The minimum Gasteiger partial charge on any atom is -0.495 e. The van der Waals surface area contributed by atoms with Gasteiger partial charge in [-0.25, -0.2) is 4.79 Å². The number of ether oxygens (including phenoxy) is 3. The topological polar surface area (TPSA) is 88.5 Å². The standard InChI is InChI=1S/C25H31BrN2O6/c1-6-23-8-7-10-28-11-9-24(19(23)28)15-12-16(26)18(32-4)13-17(15)27(3)20(24)25(31,22(30)33-5)21(23)34-14(2)29/h7-8,12-13,19-21,31H,6,9-11H2,1-5H3/t19-,20-,21+,23+,24-,25-/m0/s1. The molecule has 0 aromatic heterocycles. The van der Waals surface area contributed by atoms with Gasteiger partial charge in [0.05, 0.1) is 24.7 Å². The summed E-state index contributed by atoms with van der Waals surface area (Å²) in [6, 6.07) is 3.22. The van der Waals surface area contributed by atoms with Gasteiger partial charge in [-0.2, -0.15) is 0 Å². The van der Waals surface area contributed by atoms with Gasteiger partial charge in [0.2, 0.25) is 5.60 Å². The third kappa shape index (κ3) is 2.61. The van der Waals surface area contributed by atoms with E-state index in [4.69, 9.17) is 14.2 Å². The molecule has 1 aromatic rings. The average molecular weight is 535 g/mol. The highest BCUT2D eigenvalue weighted by atomic mass is 79.9. The lowest BCUT2D eigenvalue weighted by atomic mass is 9.47. The molecule has 0 amide bonds. The first-order valence-electron chi connectivity index (χ1n) is 11.6. The van der Waals surface area contributed by atoms with E-state index in [1.807, 2.05) is 24.9 Å². The molecule has 2 fully saturated rings. The maximum atomic E-state index is 13.6. The van der Waals surface area contributed by atoms with Gasteiger partial charge in [0.1, 0.15) is 5.75 Å². The molecule has 4 aliphatic rings. The van der Waals surface area contributed by atoms with Crippen molar-refractivity contribution in [1.29, 1.82) is 0 Å². The number of aliphatic hydroxyl groups is 1. The molecule has 0 radical (unpaired) electrons. The second-order valence-electron chi connectivity index (χ2n) is 9.88. The quantitative estimate of drug-likeness (QED) is 0.465. The monoisotopic (exact) mass is 534 g/mol. The molecular weight excluding hydrogens is 504 g/mol. The number of rotatable bonds is 4. The minimum atomic E-state index is -2.10. The van der Waals surface area contributed by atoms with Gasteiger partial charge in [0.15, 0.2) is 6.10 Å². The molecule has 0 bridgehead atoms. The van der Waals surface area contributed by atoms with Gasteiger partial charge in [-0.15, -0.1) is 0 Å². The number of hydrogen-bond acceptors (Lipinski definition) is 8. The third-order valence-electron chi connectivity index (χ3n) is 8.68. The van der Waals surface area contributed by atoms with Crippen molar-refractivity contribution >= 4 is 33.6 Å². The number of methoxy groups -OCH3 is 2. The molecule has 1 saturated heterocycles. The van der Waals surface area contributed by atoms with Crippen LogP contribution in [0.4, 0.5) is 5.69 Å². The van der Waals surface area contributed by atoms with Crippen LogP contribution in [0.15, 0.2) is 28.8 Å². The van der Waals surface area contributed by atoms with Crippen LogP contribution >= 0.6 is 15.9 Å². The summed E-state index contributed by atoms with van der Waals surface area (Å²) in [4.78, 5) is 30.3. The van der Waals surface area contributed by atoms with E-state index in [-0.39, 0.29) is 6.04 Å². The first-order chi connectivity index (χ1) is 16.1. The number of halogens is 1. The largest absolute Gasteiger partial charge is 0.495 e. The van der Waals surface area contributed by atoms with Crippen molar-refractivity contribution in [3.05, 3.63) is 34.3 Å². The Morgan fingerprint density at radius 1 is 1.26 bits per heavy atom. The zero-order chi connectivity index (χ0) is 24.6. The van der Waals surface area contributed by atoms with Crippen molar-refractivity contribution in [2.24, 2.45) is 5.41 Å². The van der Waals surface area contributed by atoms with E-state index in [2.05, 4.69) is 39.0 Å². The van der Waals surface area contributed by atoms with Crippen LogP contribution < -0.4 is 9.64 Å². The number of carbonyl (C=O) groups excluding carboxylic acids is 2. The van der Waals surface area contributed by atoms with Gasteiger partial charge in [-0.05, 0) is 46.9 Å². The van der Waals surface area contributed by atoms with Crippen LogP contribution in [0, 0.1) is 5.41 Å².